The van der Waals surface area contributed by atoms with Gasteiger partial charge in [0.15, 0.2) is 5.82 Å². The summed E-state index contributed by atoms with van der Waals surface area (Å²) >= 11 is 0. The Morgan fingerprint density at radius 2 is 1.78 bits per heavy atom. The first kappa shape index (κ1) is 20.1. The third-order valence-corrected chi connectivity index (χ3v) is 3.50. The van der Waals surface area contributed by atoms with Crippen molar-refractivity contribution < 1.29 is 14.3 Å². The van der Waals surface area contributed by atoms with E-state index in [-0.39, 0.29) is 18.3 Å². The lowest BCUT2D eigenvalue weighted by Gasteiger charge is -2.11. The molecule has 0 atom stereocenters. The number of pyridine rings is 1. The molecule has 144 valence electrons. The normalized spacial score (nSPS) is 10.1. The zero-order chi connectivity index (χ0) is 19.5. The number of anilines is 2. The van der Waals surface area contributed by atoms with E-state index in [9.17, 15) is 9.59 Å². The van der Waals surface area contributed by atoms with Crippen LogP contribution >= 0.6 is 0 Å². The second-order valence-electron chi connectivity index (χ2n) is 5.51. The molecule has 1 amide bonds. The van der Waals surface area contributed by atoms with E-state index in [0.717, 1.165) is 0 Å². The van der Waals surface area contributed by atoms with Gasteiger partial charge in [0.25, 0.3) is 0 Å². The highest BCUT2D eigenvalue weighted by atomic mass is 16.5. The smallest absolute Gasteiger partial charge is 0.307 e. The van der Waals surface area contributed by atoms with Gasteiger partial charge in [-0.1, -0.05) is 6.07 Å². The maximum atomic E-state index is 11.5. The van der Waals surface area contributed by atoms with Crippen LogP contribution in [0.2, 0.25) is 0 Å². The second kappa shape index (κ2) is 10.7. The maximum absolute atomic E-state index is 11.5. The molecular formula is C18H24N6O3. The Morgan fingerprint density at radius 3 is 2.37 bits per heavy atom. The van der Waals surface area contributed by atoms with Gasteiger partial charge in [0.05, 0.1) is 13.0 Å². The van der Waals surface area contributed by atoms with Crippen molar-refractivity contribution in [3.63, 3.8) is 0 Å². The van der Waals surface area contributed by atoms with Gasteiger partial charge < -0.3 is 20.7 Å². The van der Waals surface area contributed by atoms with Gasteiger partial charge >= 0.3 is 5.97 Å². The van der Waals surface area contributed by atoms with Crippen molar-refractivity contribution in [2.75, 3.05) is 37.4 Å². The molecule has 0 unspecified atom stereocenters. The molecule has 0 aliphatic rings. The molecule has 27 heavy (non-hydrogen) atoms. The summed E-state index contributed by atoms with van der Waals surface area (Å²) in [7, 11) is 1.60. The first-order valence-corrected chi connectivity index (χ1v) is 8.76. The lowest BCUT2D eigenvalue weighted by Crippen LogP contribution is -2.21. The molecule has 0 saturated heterocycles. The summed E-state index contributed by atoms with van der Waals surface area (Å²) in [6.07, 6.45) is 2.22. The Labute approximate surface area is 158 Å². The van der Waals surface area contributed by atoms with Gasteiger partial charge in [-0.2, -0.15) is 0 Å². The number of aromatic nitrogens is 3. The molecule has 0 spiro atoms. The third kappa shape index (κ3) is 6.89. The SMILES string of the molecule is CCOC(=O)CCNc1cc(NCCC(=O)NC)nc(-c2ccccn2)n1. The Hall–Kier alpha value is -3.23. The van der Waals surface area contributed by atoms with Gasteiger partial charge in [0.1, 0.15) is 17.3 Å². The number of esters is 1. The van der Waals surface area contributed by atoms with Crippen LogP contribution in [0.5, 0.6) is 0 Å². The monoisotopic (exact) mass is 372 g/mol. The summed E-state index contributed by atoms with van der Waals surface area (Å²) in [6, 6.07) is 7.20. The highest BCUT2D eigenvalue weighted by molar-refractivity contribution is 5.76. The molecule has 3 N–H and O–H groups in total. The summed E-state index contributed by atoms with van der Waals surface area (Å²) in [4.78, 5) is 36.0. The van der Waals surface area contributed by atoms with E-state index >= 15 is 0 Å². The molecule has 2 aromatic rings. The number of hydrogen-bond acceptors (Lipinski definition) is 8. The van der Waals surface area contributed by atoms with E-state index in [2.05, 4.69) is 30.9 Å². The van der Waals surface area contributed by atoms with Crippen molar-refractivity contribution in [1.29, 1.82) is 0 Å². The van der Waals surface area contributed by atoms with Gasteiger partial charge in [0, 0.05) is 38.8 Å². The minimum atomic E-state index is -0.270. The topological polar surface area (TPSA) is 118 Å². The van der Waals surface area contributed by atoms with Gasteiger partial charge in [0.2, 0.25) is 5.91 Å². The van der Waals surface area contributed by atoms with Crippen LogP contribution < -0.4 is 16.0 Å². The number of nitrogens with one attached hydrogen (secondary N) is 3. The molecule has 0 bridgehead atoms. The summed E-state index contributed by atoms with van der Waals surface area (Å²) in [5.41, 5.74) is 0.626. The zero-order valence-electron chi connectivity index (χ0n) is 15.5. The van der Waals surface area contributed by atoms with Gasteiger partial charge in [-0.25, -0.2) is 9.97 Å². The number of hydrogen-bond donors (Lipinski definition) is 3. The van der Waals surface area contributed by atoms with Crippen LogP contribution in [0.25, 0.3) is 11.5 Å². The lowest BCUT2D eigenvalue weighted by molar-refractivity contribution is -0.142. The summed E-state index contributed by atoms with van der Waals surface area (Å²) in [5, 5.41) is 8.78. The zero-order valence-corrected chi connectivity index (χ0v) is 15.5. The predicted octanol–water partition coefficient (Wildman–Crippen LogP) is 1.45. The maximum Gasteiger partial charge on any atom is 0.307 e. The molecule has 9 heteroatoms. The fraction of sp³-hybridized carbons (Fsp3) is 0.389. The van der Waals surface area contributed by atoms with Crippen molar-refractivity contribution in [3.8, 4) is 11.5 Å². The van der Waals surface area contributed by atoms with Crippen LogP contribution in [0.15, 0.2) is 30.5 Å². The molecule has 9 nitrogen and oxygen atoms in total. The number of carbonyl (C=O) groups is 2. The van der Waals surface area contributed by atoms with Crippen molar-refractivity contribution in [2.45, 2.75) is 19.8 Å². The lowest BCUT2D eigenvalue weighted by atomic mass is 10.3. The Balaban J connectivity index is 2.10. The largest absolute Gasteiger partial charge is 0.466 e. The minimum absolute atomic E-state index is 0.0608. The van der Waals surface area contributed by atoms with E-state index in [1.54, 1.807) is 26.2 Å². The van der Waals surface area contributed by atoms with E-state index in [4.69, 9.17) is 4.74 Å². The van der Waals surface area contributed by atoms with Crippen LogP contribution in [-0.2, 0) is 14.3 Å². The molecule has 0 aliphatic heterocycles. The minimum Gasteiger partial charge on any atom is -0.466 e. The summed E-state index contributed by atoms with van der Waals surface area (Å²) in [6.45, 7) is 2.94. The van der Waals surface area contributed by atoms with Crippen LogP contribution in [-0.4, -0.2) is 53.6 Å². The molecule has 2 rings (SSSR count). The average molecular weight is 372 g/mol. The Bertz CT molecular complexity index is 754. The highest BCUT2D eigenvalue weighted by Crippen LogP contribution is 2.18. The number of ether oxygens (including phenoxy) is 1. The van der Waals surface area contributed by atoms with E-state index in [1.165, 1.54) is 0 Å². The van der Waals surface area contributed by atoms with Gasteiger partial charge in [-0.05, 0) is 19.1 Å². The fourth-order valence-electron chi connectivity index (χ4n) is 2.19. The summed E-state index contributed by atoms with van der Waals surface area (Å²) < 4.78 is 4.91. The average Bonchev–Trinajstić information content (AvgIpc) is 2.68. The van der Waals surface area contributed by atoms with Crippen molar-refractivity contribution in [3.05, 3.63) is 30.5 Å². The third-order valence-electron chi connectivity index (χ3n) is 3.50. The number of rotatable bonds is 10. The summed E-state index contributed by atoms with van der Waals surface area (Å²) in [5.74, 6) is 1.23. The first-order chi connectivity index (χ1) is 13.1. The molecular weight excluding hydrogens is 348 g/mol. The van der Waals surface area contributed by atoms with Crippen molar-refractivity contribution >= 4 is 23.5 Å². The first-order valence-electron chi connectivity index (χ1n) is 8.76. The van der Waals surface area contributed by atoms with Gasteiger partial charge in [-0.15, -0.1) is 0 Å². The molecule has 0 fully saturated rings. The van der Waals surface area contributed by atoms with Crippen molar-refractivity contribution in [1.82, 2.24) is 20.3 Å². The predicted molar refractivity (Wildman–Crippen MR) is 102 cm³/mol. The molecule has 0 saturated carbocycles. The Kier molecular flexibility index (Phi) is 7.95. The standard InChI is InChI=1S/C18H24N6O3/c1-3-27-17(26)8-11-22-15-12-14(21-10-7-16(25)19-2)23-18(24-15)13-6-4-5-9-20-13/h4-6,9,12H,3,7-8,10-11H2,1-2H3,(H,19,25)(H2,21,22,23,24). The number of nitrogens with zero attached hydrogens (tertiary/aromatic N) is 3. The van der Waals surface area contributed by atoms with Crippen LogP contribution in [0.1, 0.15) is 19.8 Å². The molecule has 2 aromatic heterocycles. The van der Waals surface area contributed by atoms with E-state index in [0.29, 0.717) is 49.3 Å². The molecule has 0 aliphatic carbocycles. The molecule has 0 aromatic carbocycles. The molecule has 2 heterocycles. The van der Waals surface area contributed by atoms with Crippen molar-refractivity contribution in [2.24, 2.45) is 0 Å². The van der Waals surface area contributed by atoms with Crippen LogP contribution in [0.3, 0.4) is 0 Å². The number of carbonyl (C=O) groups excluding carboxylic acids is 2. The van der Waals surface area contributed by atoms with E-state index < -0.39 is 0 Å². The van der Waals surface area contributed by atoms with Crippen LogP contribution in [0, 0.1) is 0 Å². The van der Waals surface area contributed by atoms with Crippen LogP contribution in [0.4, 0.5) is 11.6 Å². The number of amides is 1. The highest BCUT2D eigenvalue weighted by Gasteiger charge is 2.09. The fourth-order valence-corrected chi connectivity index (χ4v) is 2.19. The Morgan fingerprint density at radius 1 is 1.07 bits per heavy atom. The van der Waals surface area contributed by atoms with Gasteiger partial charge in [-0.3, -0.25) is 14.6 Å². The van der Waals surface area contributed by atoms with E-state index in [1.807, 2.05) is 18.2 Å². The quantitative estimate of drug-likeness (QED) is 0.536. The molecule has 0 radical (unpaired) electrons. The second-order valence-corrected chi connectivity index (χ2v) is 5.51.